The second-order valence-electron chi connectivity index (χ2n) is 6.35. The molecule has 0 bridgehead atoms. The van der Waals surface area contributed by atoms with Crippen LogP contribution in [0.2, 0.25) is 0 Å². The van der Waals surface area contributed by atoms with E-state index in [4.69, 9.17) is 4.74 Å². The fourth-order valence-electron chi connectivity index (χ4n) is 2.87. The van der Waals surface area contributed by atoms with Crippen LogP contribution in [-0.2, 0) is 26.0 Å². The molecule has 3 rings (SSSR count). The molecule has 0 spiro atoms. The molecule has 6 nitrogen and oxygen atoms in total. The number of hydrogen-bond acceptors (Lipinski definition) is 4. The number of halogens is 1. The van der Waals surface area contributed by atoms with E-state index >= 15 is 0 Å². The van der Waals surface area contributed by atoms with Gasteiger partial charge in [-0.2, -0.15) is 4.31 Å². The Hall–Kier alpha value is -2.29. The second-order valence-corrected chi connectivity index (χ2v) is 8.25. The second kappa shape index (κ2) is 8.16. The van der Waals surface area contributed by atoms with Crippen molar-refractivity contribution in [2.45, 2.75) is 18.2 Å². The normalized spacial score (nSPS) is 15.5. The van der Waals surface area contributed by atoms with Gasteiger partial charge in [0.15, 0.2) is 0 Å². The molecule has 1 aliphatic heterocycles. The number of morpholine rings is 1. The average molecular weight is 392 g/mol. The summed E-state index contributed by atoms with van der Waals surface area (Å²) < 4.78 is 45.3. The fraction of sp³-hybridized carbons (Fsp3) is 0.316. The van der Waals surface area contributed by atoms with Crippen LogP contribution in [0.5, 0.6) is 0 Å². The number of carbonyl (C=O) groups is 1. The number of aryl methyl sites for hydroxylation is 1. The van der Waals surface area contributed by atoms with Gasteiger partial charge in [0.1, 0.15) is 5.82 Å². The maximum absolute atomic E-state index is 12.9. The van der Waals surface area contributed by atoms with Gasteiger partial charge in [-0.1, -0.05) is 18.2 Å². The quantitative estimate of drug-likeness (QED) is 0.848. The van der Waals surface area contributed by atoms with Crippen molar-refractivity contribution in [3.63, 3.8) is 0 Å². The van der Waals surface area contributed by atoms with Gasteiger partial charge in [-0.3, -0.25) is 4.79 Å². The molecule has 0 radical (unpaired) electrons. The molecule has 0 aromatic heterocycles. The molecular formula is C19H21FN2O4S. The molecule has 0 unspecified atom stereocenters. The molecule has 1 heterocycles. The summed E-state index contributed by atoms with van der Waals surface area (Å²) in [6.45, 7) is 3.07. The van der Waals surface area contributed by atoms with E-state index in [9.17, 15) is 17.6 Å². The van der Waals surface area contributed by atoms with Crippen molar-refractivity contribution in [2.75, 3.05) is 31.6 Å². The zero-order valence-electron chi connectivity index (χ0n) is 14.9. The Morgan fingerprint density at radius 2 is 1.81 bits per heavy atom. The van der Waals surface area contributed by atoms with Gasteiger partial charge in [-0.05, 0) is 42.3 Å². The van der Waals surface area contributed by atoms with E-state index < -0.39 is 10.0 Å². The van der Waals surface area contributed by atoms with Gasteiger partial charge in [0.2, 0.25) is 15.9 Å². The maximum Gasteiger partial charge on any atom is 0.243 e. The molecular weight excluding hydrogens is 371 g/mol. The molecule has 2 aromatic carbocycles. The van der Waals surface area contributed by atoms with Crippen LogP contribution in [0.1, 0.15) is 11.1 Å². The van der Waals surface area contributed by atoms with Gasteiger partial charge in [-0.25, -0.2) is 12.8 Å². The summed E-state index contributed by atoms with van der Waals surface area (Å²) in [5, 5.41) is 2.71. The van der Waals surface area contributed by atoms with Gasteiger partial charge in [-0.15, -0.1) is 0 Å². The molecule has 0 saturated carbocycles. The standard InChI is InChI=1S/C19H21FN2O4S/c1-14-2-7-17(21-19(23)12-15-3-5-16(20)6-4-15)13-18(14)27(24,25)22-8-10-26-11-9-22/h2-7,13H,8-12H2,1H3,(H,21,23). The van der Waals surface area contributed by atoms with Crippen molar-refractivity contribution in [3.8, 4) is 0 Å². The molecule has 1 N–H and O–H groups in total. The van der Waals surface area contributed by atoms with Crippen LogP contribution < -0.4 is 5.32 Å². The van der Waals surface area contributed by atoms with Gasteiger partial charge in [0, 0.05) is 18.8 Å². The number of hydrogen-bond donors (Lipinski definition) is 1. The molecule has 8 heteroatoms. The average Bonchev–Trinajstić information content (AvgIpc) is 2.66. The van der Waals surface area contributed by atoms with E-state index in [0.29, 0.717) is 43.1 Å². The summed E-state index contributed by atoms with van der Waals surface area (Å²) in [5.41, 5.74) is 1.68. The van der Waals surface area contributed by atoms with E-state index in [1.807, 2.05) is 0 Å². The first kappa shape index (κ1) is 19.5. The number of nitrogens with zero attached hydrogens (tertiary/aromatic N) is 1. The minimum Gasteiger partial charge on any atom is -0.379 e. The Morgan fingerprint density at radius 3 is 2.48 bits per heavy atom. The zero-order valence-corrected chi connectivity index (χ0v) is 15.8. The lowest BCUT2D eigenvalue weighted by molar-refractivity contribution is -0.115. The number of sulfonamides is 1. The number of carbonyl (C=O) groups excluding carboxylic acids is 1. The molecule has 1 amide bonds. The summed E-state index contributed by atoms with van der Waals surface area (Å²) >= 11 is 0. The number of rotatable bonds is 5. The number of benzene rings is 2. The number of nitrogens with one attached hydrogen (secondary N) is 1. The Labute approximate surface area is 158 Å². The van der Waals surface area contributed by atoms with Gasteiger partial charge < -0.3 is 10.1 Å². The highest BCUT2D eigenvalue weighted by molar-refractivity contribution is 7.89. The van der Waals surface area contributed by atoms with Crippen LogP contribution in [0.15, 0.2) is 47.4 Å². The monoisotopic (exact) mass is 392 g/mol. The third-order valence-corrected chi connectivity index (χ3v) is 6.38. The Kier molecular flexibility index (Phi) is 5.88. The first-order valence-corrected chi connectivity index (χ1v) is 10.0. The molecule has 27 heavy (non-hydrogen) atoms. The smallest absolute Gasteiger partial charge is 0.243 e. The van der Waals surface area contributed by atoms with Crippen molar-refractivity contribution >= 4 is 21.6 Å². The molecule has 0 atom stereocenters. The largest absolute Gasteiger partial charge is 0.379 e. The summed E-state index contributed by atoms with van der Waals surface area (Å²) in [6.07, 6.45) is 0.0692. The van der Waals surface area contributed by atoms with Crippen molar-refractivity contribution in [3.05, 3.63) is 59.4 Å². The number of ether oxygens (including phenoxy) is 1. The molecule has 144 valence electrons. The van der Waals surface area contributed by atoms with Crippen molar-refractivity contribution in [2.24, 2.45) is 0 Å². The van der Waals surface area contributed by atoms with Crippen LogP contribution in [-0.4, -0.2) is 44.9 Å². The van der Waals surface area contributed by atoms with Crippen LogP contribution in [0.3, 0.4) is 0 Å². The summed E-state index contributed by atoms with van der Waals surface area (Å²) in [6, 6.07) is 10.5. The van der Waals surface area contributed by atoms with E-state index in [1.54, 1.807) is 31.2 Å². The van der Waals surface area contributed by atoms with Crippen molar-refractivity contribution < 1.29 is 22.3 Å². The highest BCUT2D eigenvalue weighted by Gasteiger charge is 2.28. The predicted molar refractivity (Wildman–Crippen MR) is 99.5 cm³/mol. The Morgan fingerprint density at radius 1 is 1.15 bits per heavy atom. The minimum atomic E-state index is -3.65. The lowest BCUT2D eigenvalue weighted by Crippen LogP contribution is -2.40. The molecule has 2 aromatic rings. The zero-order chi connectivity index (χ0) is 19.4. The fourth-order valence-corrected chi connectivity index (χ4v) is 4.53. The molecule has 1 aliphatic rings. The highest BCUT2D eigenvalue weighted by Crippen LogP contribution is 2.24. The summed E-state index contributed by atoms with van der Waals surface area (Å²) in [4.78, 5) is 12.4. The number of amides is 1. The SMILES string of the molecule is Cc1ccc(NC(=O)Cc2ccc(F)cc2)cc1S(=O)(=O)N1CCOCC1. The first-order valence-electron chi connectivity index (χ1n) is 8.59. The first-order chi connectivity index (χ1) is 12.9. The van der Waals surface area contributed by atoms with Gasteiger partial charge in [0.25, 0.3) is 0 Å². The van der Waals surface area contributed by atoms with Crippen molar-refractivity contribution in [1.29, 1.82) is 0 Å². The Bertz CT molecular complexity index is 923. The molecule has 1 fully saturated rings. The van der Waals surface area contributed by atoms with E-state index in [1.165, 1.54) is 22.5 Å². The lowest BCUT2D eigenvalue weighted by Gasteiger charge is -2.26. The van der Waals surface area contributed by atoms with Crippen LogP contribution >= 0.6 is 0 Å². The van der Waals surface area contributed by atoms with Gasteiger partial charge in [0.05, 0.1) is 24.5 Å². The van der Waals surface area contributed by atoms with Crippen LogP contribution in [0.4, 0.5) is 10.1 Å². The van der Waals surface area contributed by atoms with E-state index in [0.717, 1.165) is 0 Å². The predicted octanol–water partition coefficient (Wildman–Crippen LogP) is 2.34. The topological polar surface area (TPSA) is 75.7 Å². The Balaban J connectivity index is 1.76. The minimum absolute atomic E-state index is 0.0692. The van der Waals surface area contributed by atoms with Crippen molar-refractivity contribution in [1.82, 2.24) is 4.31 Å². The summed E-state index contributed by atoms with van der Waals surface area (Å²) in [5.74, 6) is -0.671. The molecule has 0 aliphatic carbocycles. The third-order valence-electron chi connectivity index (χ3n) is 4.34. The highest BCUT2D eigenvalue weighted by atomic mass is 32.2. The van der Waals surface area contributed by atoms with Gasteiger partial charge >= 0.3 is 0 Å². The van der Waals surface area contributed by atoms with E-state index in [2.05, 4.69) is 5.32 Å². The maximum atomic E-state index is 12.9. The summed E-state index contributed by atoms with van der Waals surface area (Å²) in [7, 11) is -3.65. The van der Waals surface area contributed by atoms with E-state index in [-0.39, 0.29) is 23.0 Å². The van der Waals surface area contributed by atoms with Crippen LogP contribution in [0.25, 0.3) is 0 Å². The third kappa shape index (κ3) is 4.71. The lowest BCUT2D eigenvalue weighted by atomic mass is 10.1. The van der Waals surface area contributed by atoms with Crippen LogP contribution in [0, 0.1) is 12.7 Å². The number of anilines is 1. The molecule has 1 saturated heterocycles.